The van der Waals surface area contributed by atoms with Gasteiger partial charge < -0.3 is 10.2 Å². The number of hydrogen-bond donors (Lipinski definition) is 3. The highest BCUT2D eigenvalue weighted by molar-refractivity contribution is 7.79. The average Bonchev–Trinajstić information content (AvgIpc) is 2.77. The largest absolute Gasteiger partial charge is 0.388 e. The van der Waals surface area contributed by atoms with Gasteiger partial charge in [0.05, 0.1) is 12.2 Å². The lowest BCUT2D eigenvalue weighted by Crippen LogP contribution is -2.29. The topological polar surface area (TPSA) is 53.4 Å². The van der Waals surface area contributed by atoms with E-state index in [2.05, 4.69) is 60.8 Å². The molecule has 1 aromatic heterocycles. The molecule has 0 amide bonds. The lowest BCUT2D eigenvalue weighted by Gasteiger charge is -2.36. The van der Waals surface area contributed by atoms with E-state index in [1.165, 1.54) is 24.6 Å². The molecule has 0 spiro atoms. The van der Waals surface area contributed by atoms with Crippen LogP contribution in [0.1, 0.15) is 128 Å². The number of nitrogens with zero attached hydrogens (tertiary/aromatic N) is 1. The second kappa shape index (κ2) is 15.3. The minimum Gasteiger partial charge on any atom is -0.388 e. The van der Waals surface area contributed by atoms with E-state index in [1.54, 1.807) is 12.3 Å². The number of thiol groups is 1. The number of halogens is 2. The van der Waals surface area contributed by atoms with Crippen LogP contribution in [-0.4, -0.2) is 27.4 Å². The second-order valence-electron chi connectivity index (χ2n) is 12.4. The molecule has 1 aliphatic rings. The van der Waals surface area contributed by atoms with Gasteiger partial charge in [0.25, 0.3) is 5.92 Å². The molecule has 0 aromatic carbocycles. The van der Waals surface area contributed by atoms with Gasteiger partial charge in [-0.15, -0.1) is 0 Å². The first-order chi connectivity index (χ1) is 17.3. The van der Waals surface area contributed by atoms with E-state index in [1.807, 2.05) is 20.8 Å². The van der Waals surface area contributed by atoms with E-state index in [-0.39, 0.29) is 23.3 Å². The Labute approximate surface area is 237 Å². The van der Waals surface area contributed by atoms with Crippen LogP contribution in [0.25, 0.3) is 0 Å². The maximum Gasteiger partial charge on any atom is 0.270 e. The van der Waals surface area contributed by atoms with Crippen molar-refractivity contribution in [2.24, 2.45) is 10.8 Å². The van der Waals surface area contributed by atoms with E-state index in [0.717, 1.165) is 35.9 Å². The molecule has 0 radical (unpaired) electrons. The van der Waals surface area contributed by atoms with Gasteiger partial charge in [0.1, 0.15) is 0 Å². The average molecular weight is 554 g/mol. The predicted octanol–water partition coefficient (Wildman–Crippen LogP) is 9.26. The van der Waals surface area contributed by atoms with Crippen molar-refractivity contribution >= 4 is 12.6 Å². The zero-order valence-electron chi connectivity index (χ0n) is 25.6. The van der Waals surface area contributed by atoms with Gasteiger partial charge in [-0.25, -0.2) is 8.78 Å². The summed E-state index contributed by atoms with van der Waals surface area (Å²) in [5.74, 6) is -2.90. The van der Waals surface area contributed by atoms with Gasteiger partial charge >= 0.3 is 0 Å². The number of alkyl halides is 2. The third-order valence-corrected chi connectivity index (χ3v) is 6.78. The van der Waals surface area contributed by atoms with Crippen LogP contribution < -0.4 is 0 Å². The molecule has 3 nitrogen and oxygen atoms in total. The Bertz CT molecular complexity index is 954. The summed E-state index contributed by atoms with van der Waals surface area (Å²) in [6, 6.07) is 0. The van der Waals surface area contributed by atoms with E-state index >= 15 is 0 Å². The van der Waals surface area contributed by atoms with Gasteiger partial charge in [-0.05, 0) is 54.8 Å². The number of fused-ring (bicyclic) bond motifs is 1. The Morgan fingerprint density at radius 3 is 2.16 bits per heavy atom. The number of aliphatic hydroxyl groups is 2. The second-order valence-corrected chi connectivity index (χ2v) is 12.4. The monoisotopic (exact) mass is 553 g/mol. The lowest BCUT2D eigenvalue weighted by atomic mass is 9.72. The molecule has 0 aliphatic heterocycles. The SMILES string of the molecule is C=C/C=C(\C=C/CC(O)c1c(C(C)C)nc2c(c1C)C(O)CC(C)(C)C2)C(C)(F)F.CCC(C)(C)C.CS. The van der Waals surface area contributed by atoms with E-state index < -0.39 is 18.1 Å². The smallest absolute Gasteiger partial charge is 0.270 e. The molecule has 1 aliphatic carbocycles. The summed E-state index contributed by atoms with van der Waals surface area (Å²) >= 11 is 3.53. The number of aliphatic hydroxyl groups excluding tert-OH is 2. The summed E-state index contributed by atoms with van der Waals surface area (Å²) in [7, 11) is 0. The third-order valence-electron chi connectivity index (χ3n) is 6.78. The number of aromatic nitrogens is 1. The van der Waals surface area contributed by atoms with E-state index in [4.69, 9.17) is 4.98 Å². The van der Waals surface area contributed by atoms with Crippen LogP contribution in [0.4, 0.5) is 8.78 Å². The Balaban J connectivity index is 0.00000150. The molecule has 2 unspecified atom stereocenters. The molecule has 1 aromatic rings. The Morgan fingerprint density at radius 1 is 1.21 bits per heavy atom. The highest BCUT2D eigenvalue weighted by Crippen LogP contribution is 2.44. The molecule has 0 saturated carbocycles. The van der Waals surface area contributed by atoms with Crippen LogP contribution in [-0.2, 0) is 6.42 Å². The zero-order valence-corrected chi connectivity index (χ0v) is 26.5. The van der Waals surface area contributed by atoms with Crippen molar-refractivity contribution in [3.8, 4) is 0 Å². The first-order valence-corrected chi connectivity index (χ1v) is 14.5. The number of pyridine rings is 1. The van der Waals surface area contributed by atoms with Crippen molar-refractivity contribution in [3.63, 3.8) is 0 Å². The fourth-order valence-corrected chi connectivity index (χ4v) is 4.33. The van der Waals surface area contributed by atoms with Crippen LogP contribution in [0.5, 0.6) is 0 Å². The van der Waals surface area contributed by atoms with Crippen LogP contribution in [0.15, 0.2) is 36.5 Å². The number of allylic oxidation sites excluding steroid dienone is 4. The summed E-state index contributed by atoms with van der Waals surface area (Å²) in [5, 5.41) is 21.7. The Hall–Kier alpha value is -1.50. The number of rotatable bonds is 7. The van der Waals surface area contributed by atoms with Crippen molar-refractivity contribution in [1.29, 1.82) is 0 Å². The Morgan fingerprint density at radius 2 is 1.74 bits per heavy atom. The highest BCUT2D eigenvalue weighted by Gasteiger charge is 2.35. The van der Waals surface area contributed by atoms with Crippen molar-refractivity contribution in [2.75, 3.05) is 6.26 Å². The third kappa shape index (κ3) is 11.3. The standard InChI is InChI=1S/C25H35F2NO2.C6H14.CH4S/c1-8-10-17(25(7,26)27)11-9-12-19(29)22-16(4)21-18(28-23(22)15(2)3)13-24(5,6)14-20(21)30;1-5-6(2,3)4;1-2/h8-11,15,19-20,29-30H,1,12-14H2,2-7H3;5H2,1-4H3;2H,1H3/b11-9-,17-10+;;. The normalized spacial score (nSPS) is 18.2. The van der Waals surface area contributed by atoms with Gasteiger partial charge in [0.2, 0.25) is 0 Å². The molecule has 38 heavy (non-hydrogen) atoms. The molecular formula is C32H53F2NO2S. The summed E-state index contributed by atoms with van der Waals surface area (Å²) in [6.07, 6.45) is 8.52. The molecule has 2 atom stereocenters. The minimum absolute atomic E-state index is 0.0394. The molecular weight excluding hydrogens is 500 g/mol. The van der Waals surface area contributed by atoms with Crippen LogP contribution in [0.2, 0.25) is 0 Å². The predicted molar refractivity (Wildman–Crippen MR) is 162 cm³/mol. The van der Waals surface area contributed by atoms with Crippen molar-refractivity contribution < 1.29 is 19.0 Å². The molecule has 0 saturated heterocycles. The Kier molecular flexibility index (Phi) is 14.7. The molecule has 2 N–H and O–H groups in total. The first kappa shape index (κ1) is 36.5. The van der Waals surface area contributed by atoms with Gasteiger partial charge in [-0.2, -0.15) is 12.6 Å². The molecule has 6 heteroatoms. The quantitative estimate of drug-likeness (QED) is 0.233. The van der Waals surface area contributed by atoms with E-state index in [0.29, 0.717) is 17.4 Å². The van der Waals surface area contributed by atoms with Gasteiger partial charge in [0.15, 0.2) is 0 Å². The zero-order chi connectivity index (χ0) is 30.1. The molecule has 0 bridgehead atoms. The molecule has 218 valence electrons. The lowest BCUT2D eigenvalue weighted by molar-refractivity contribution is 0.0674. The fourth-order valence-electron chi connectivity index (χ4n) is 4.33. The van der Waals surface area contributed by atoms with Gasteiger partial charge in [-0.1, -0.05) is 92.7 Å². The summed E-state index contributed by atoms with van der Waals surface area (Å²) in [4.78, 5) is 4.86. The molecule has 1 heterocycles. The van der Waals surface area contributed by atoms with Gasteiger partial charge in [-0.3, -0.25) is 4.98 Å². The van der Waals surface area contributed by atoms with E-state index in [9.17, 15) is 19.0 Å². The minimum atomic E-state index is -2.99. The van der Waals surface area contributed by atoms with Crippen LogP contribution >= 0.6 is 12.6 Å². The highest BCUT2D eigenvalue weighted by atomic mass is 32.1. The molecule has 2 rings (SSSR count). The van der Waals surface area contributed by atoms with Crippen molar-refractivity contribution in [2.45, 2.75) is 119 Å². The summed E-state index contributed by atoms with van der Waals surface area (Å²) in [5.41, 5.74) is 4.41. The van der Waals surface area contributed by atoms with Crippen molar-refractivity contribution in [1.82, 2.24) is 4.98 Å². The van der Waals surface area contributed by atoms with Crippen LogP contribution in [0, 0.1) is 17.8 Å². The van der Waals surface area contributed by atoms with Crippen LogP contribution in [0.3, 0.4) is 0 Å². The van der Waals surface area contributed by atoms with Crippen molar-refractivity contribution in [3.05, 3.63) is 64.5 Å². The summed E-state index contributed by atoms with van der Waals surface area (Å²) < 4.78 is 27.4. The summed E-state index contributed by atoms with van der Waals surface area (Å²) in [6.45, 7) is 23.5. The maximum atomic E-state index is 13.7. The fraction of sp³-hybridized carbons (Fsp3) is 0.656. The number of hydrogen-bond acceptors (Lipinski definition) is 4. The maximum absolute atomic E-state index is 13.7. The van der Waals surface area contributed by atoms with Gasteiger partial charge in [0, 0.05) is 35.0 Å². The first-order valence-electron chi connectivity index (χ1n) is 13.6. The molecule has 0 fully saturated rings.